The summed E-state index contributed by atoms with van der Waals surface area (Å²) in [6.07, 6.45) is 6.04. The number of amides is 2. The second kappa shape index (κ2) is 5.78. The summed E-state index contributed by atoms with van der Waals surface area (Å²) >= 11 is 0. The summed E-state index contributed by atoms with van der Waals surface area (Å²) < 4.78 is 5.51. The average Bonchev–Trinajstić information content (AvgIpc) is 2.46. The van der Waals surface area contributed by atoms with Crippen LogP contribution < -0.4 is 5.32 Å². The number of anilines is 1. The smallest absolute Gasteiger partial charge is 0.323 e. The molecule has 0 bridgehead atoms. The number of ether oxygens (including phenoxy) is 1. The highest BCUT2D eigenvalue weighted by molar-refractivity contribution is 5.89. The summed E-state index contributed by atoms with van der Waals surface area (Å²) in [7, 11) is 0. The normalized spacial score (nSPS) is 26.5. The first-order chi connectivity index (χ1) is 11.2. The maximum absolute atomic E-state index is 12.7. The van der Waals surface area contributed by atoms with Crippen LogP contribution in [0.2, 0.25) is 0 Å². The van der Waals surface area contributed by atoms with Gasteiger partial charge in [0.25, 0.3) is 0 Å². The van der Waals surface area contributed by atoms with Crippen LogP contribution in [0, 0.1) is 18.3 Å². The van der Waals surface area contributed by atoms with Gasteiger partial charge in [0, 0.05) is 36.9 Å². The van der Waals surface area contributed by atoms with Gasteiger partial charge in [-0.1, -0.05) is 12.5 Å². The lowest BCUT2D eigenvalue weighted by Crippen LogP contribution is -2.72. The van der Waals surface area contributed by atoms with Gasteiger partial charge in [-0.2, -0.15) is 0 Å². The average molecular weight is 315 g/mol. The number of carbonyl (C=O) groups excluding carboxylic acids is 1. The molecule has 4 rings (SSSR count). The van der Waals surface area contributed by atoms with Crippen LogP contribution in [0.3, 0.4) is 0 Å². The monoisotopic (exact) mass is 315 g/mol. The number of rotatable bonds is 2. The molecule has 3 aliphatic rings. The summed E-state index contributed by atoms with van der Waals surface area (Å²) in [5, 5.41) is 2.98. The number of urea groups is 1. The number of aromatic nitrogens is 1. The SMILES string of the molecule is Cc1cccc(NC(=O)N2CC3(CCC3)C2C2CCOCC2)n1. The summed E-state index contributed by atoms with van der Waals surface area (Å²) in [6, 6.07) is 6.13. The molecule has 1 atom stereocenters. The fraction of sp³-hybridized carbons (Fsp3) is 0.667. The van der Waals surface area contributed by atoms with E-state index in [4.69, 9.17) is 4.74 Å². The molecule has 3 heterocycles. The molecule has 1 unspecified atom stereocenters. The molecule has 1 aromatic heterocycles. The van der Waals surface area contributed by atoms with Crippen molar-refractivity contribution < 1.29 is 9.53 Å². The van der Waals surface area contributed by atoms with Crippen LogP contribution >= 0.6 is 0 Å². The van der Waals surface area contributed by atoms with E-state index in [1.807, 2.05) is 25.1 Å². The van der Waals surface area contributed by atoms with Crippen LogP contribution in [0.25, 0.3) is 0 Å². The number of nitrogens with zero attached hydrogens (tertiary/aromatic N) is 2. The van der Waals surface area contributed by atoms with Crippen molar-refractivity contribution in [2.24, 2.45) is 11.3 Å². The Labute approximate surface area is 137 Å². The van der Waals surface area contributed by atoms with Gasteiger partial charge in [0.2, 0.25) is 0 Å². The molecule has 124 valence electrons. The molecule has 2 amide bonds. The Kier molecular flexibility index (Phi) is 3.76. The van der Waals surface area contributed by atoms with Crippen molar-refractivity contribution in [2.45, 2.75) is 45.1 Å². The van der Waals surface area contributed by atoms with Crippen molar-refractivity contribution >= 4 is 11.8 Å². The Morgan fingerprint density at radius 2 is 2.13 bits per heavy atom. The number of pyridine rings is 1. The van der Waals surface area contributed by atoms with Crippen molar-refractivity contribution in [2.75, 3.05) is 25.1 Å². The fourth-order valence-corrected chi connectivity index (χ4v) is 4.61. The predicted octanol–water partition coefficient (Wildman–Crippen LogP) is 3.20. The third-order valence-electron chi connectivity index (χ3n) is 5.89. The van der Waals surface area contributed by atoms with Crippen molar-refractivity contribution in [3.63, 3.8) is 0 Å². The van der Waals surface area contributed by atoms with E-state index in [1.165, 1.54) is 19.3 Å². The Balaban J connectivity index is 1.47. The highest BCUT2D eigenvalue weighted by atomic mass is 16.5. The number of likely N-dealkylation sites (tertiary alicyclic amines) is 1. The number of hydrogen-bond donors (Lipinski definition) is 1. The third kappa shape index (κ3) is 2.61. The number of aryl methyl sites for hydroxylation is 1. The first kappa shape index (κ1) is 14.9. The highest BCUT2D eigenvalue weighted by Gasteiger charge is 2.59. The van der Waals surface area contributed by atoms with Gasteiger partial charge in [-0.15, -0.1) is 0 Å². The molecule has 0 radical (unpaired) electrons. The van der Waals surface area contributed by atoms with Crippen LogP contribution in [0.4, 0.5) is 10.6 Å². The second-order valence-corrected chi connectivity index (χ2v) is 7.33. The van der Waals surface area contributed by atoms with E-state index < -0.39 is 0 Å². The van der Waals surface area contributed by atoms with Crippen LogP contribution in [0.15, 0.2) is 18.2 Å². The molecule has 5 heteroatoms. The molecule has 1 aromatic rings. The molecule has 3 fully saturated rings. The Morgan fingerprint density at radius 1 is 1.35 bits per heavy atom. The first-order valence-electron chi connectivity index (χ1n) is 8.77. The lowest BCUT2D eigenvalue weighted by molar-refractivity contribution is -0.135. The Bertz CT molecular complexity index is 594. The molecule has 1 N–H and O–H groups in total. The summed E-state index contributed by atoms with van der Waals surface area (Å²) in [5.74, 6) is 1.24. The summed E-state index contributed by atoms with van der Waals surface area (Å²) in [4.78, 5) is 19.2. The summed E-state index contributed by atoms with van der Waals surface area (Å²) in [6.45, 7) is 4.53. The molecule has 5 nitrogen and oxygen atoms in total. The zero-order valence-electron chi connectivity index (χ0n) is 13.8. The minimum atomic E-state index is 0.0112. The zero-order chi connectivity index (χ0) is 15.9. The number of nitrogens with one attached hydrogen (secondary N) is 1. The largest absolute Gasteiger partial charge is 0.381 e. The van der Waals surface area contributed by atoms with Crippen molar-refractivity contribution in [3.8, 4) is 0 Å². The van der Waals surface area contributed by atoms with Gasteiger partial charge in [0.1, 0.15) is 5.82 Å². The van der Waals surface area contributed by atoms with E-state index in [1.54, 1.807) is 0 Å². The van der Waals surface area contributed by atoms with Crippen LogP contribution in [-0.4, -0.2) is 41.7 Å². The quantitative estimate of drug-likeness (QED) is 0.912. The van der Waals surface area contributed by atoms with E-state index in [-0.39, 0.29) is 6.03 Å². The maximum atomic E-state index is 12.7. The van der Waals surface area contributed by atoms with Gasteiger partial charge in [-0.25, -0.2) is 9.78 Å². The first-order valence-corrected chi connectivity index (χ1v) is 8.77. The standard InChI is InChI=1S/C18H25N3O2/c1-13-4-2-5-15(19-13)20-17(22)21-12-18(8-3-9-18)16(21)14-6-10-23-11-7-14/h2,4-5,14,16H,3,6-12H2,1H3,(H,19,20,22). The minimum absolute atomic E-state index is 0.0112. The third-order valence-corrected chi connectivity index (χ3v) is 5.89. The zero-order valence-corrected chi connectivity index (χ0v) is 13.8. The highest BCUT2D eigenvalue weighted by Crippen LogP contribution is 2.56. The molecular formula is C18H25N3O2. The number of hydrogen-bond acceptors (Lipinski definition) is 3. The van der Waals surface area contributed by atoms with E-state index >= 15 is 0 Å². The second-order valence-electron chi connectivity index (χ2n) is 7.33. The molecular weight excluding hydrogens is 290 g/mol. The van der Waals surface area contributed by atoms with Gasteiger partial charge in [-0.3, -0.25) is 5.32 Å². The van der Waals surface area contributed by atoms with E-state index in [9.17, 15) is 4.79 Å². The topological polar surface area (TPSA) is 54.5 Å². The van der Waals surface area contributed by atoms with Gasteiger partial charge in [0.15, 0.2) is 0 Å². The van der Waals surface area contributed by atoms with E-state index in [2.05, 4.69) is 15.2 Å². The molecule has 1 aliphatic carbocycles. The Hall–Kier alpha value is -1.62. The van der Waals surface area contributed by atoms with Crippen molar-refractivity contribution in [1.29, 1.82) is 0 Å². The van der Waals surface area contributed by atoms with Crippen LogP contribution in [0.5, 0.6) is 0 Å². The number of carbonyl (C=O) groups is 1. The molecule has 0 aromatic carbocycles. The van der Waals surface area contributed by atoms with Gasteiger partial charge in [0.05, 0.1) is 0 Å². The molecule has 2 aliphatic heterocycles. The Morgan fingerprint density at radius 3 is 2.78 bits per heavy atom. The van der Waals surface area contributed by atoms with Crippen molar-refractivity contribution in [3.05, 3.63) is 23.9 Å². The lowest BCUT2D eigenvalue weighted by Gasteiger charge is -2.64. The fourth-order valence-electron chi connectivity index (χ4n) is 4.61. The molecule has 1 saturated carbocycles. The summed E-state index contributed by atoms with van der Waals surface area (Å²) in [5.41, 5.74) is 1.32. The van der Waals surface area contributed by atoms with Crippen LogP contribution in [0.1, 0.15) is 37.8 Å². The molecule has 2 saturated heterocycles. The van der Waals surface area contributed by atoms with Gasteiger partial charge >= 0.3 is 6.03 Å². The predicted molar refractivity (Wildman–Crippen MR) is 88.3 cm³/mol. The maximum Gasteiger partial charge on any atom is 0.323 e. The van der Waals surface area contributed by atoms with Gasteiger partial charge in [-0.05, 0) is 50.7 Å². The van der Waals surface area contributed by atoms with Crippen LogP contribution in [-0.2, 0) is 4.74 Å². The lowest BCUT2D eigenvalue weighted by atomic mass is 9.54. The van der Waals surface area contributed by atoms with E-state index in [0.29, 0.717) is 23.2 Å². The van der Waals surface area contributed by atoms with Crippen molar-refractivity contribution in [1.82, 2.24) is 9.88 Å². The minimum Gasteiger partial charge on any atom is -0.381 e. The van der Waals surface area contributed by atoms with Gasteiger partial charge < -0.3 is 9.64 Å². The molecule has 23 heavy (non-hydrogen) atoms. The molecule has 1 spiro atoms. The van der Waals surface area contributed by atoms with E-state index in [0.717, 1.165) is 38.3 Å².